The third-order valence-corrected chi connectivity index (χ3v) is 6.89. The largest absolute Gasteiger partial charge is 0.357 e. The highest BCUT2D eigenvalue weighted by Crippen LogP contribution is 2.33. The fourth-order valence-electron chi connectivity index (χ4n) is 4.92. The molecule has 7 heteroatoms. The van der Waals surface area contributed by atoms with Crippen LogP contribution in [0.3, 0.4) is 0 Å². The molecule has 3 N–H and O–H groups in total. The molecule has 0 bridgehead atoms. The highest BCUT2D eigenvalue weighted by Gasteiger charge is 2.16. The zero-order valence-corrected chi connectivity index (χ0v) is 24.2. The molecule has 0 unspecified atom stereocenters. The average molecular weight is 554 g/mol. The summed E-state index contributed by atoms with van der Waals surface area (Å²) in [4.78, 5) is 16.8. The number of hydrogen-bond acceptors (Lipinski definition) is 5. The van der Waals surface area contributed by atoms with E-state index in [1.54, 1.807) is 12.4 Å². The van der Waals surface area contributed by atoms with Gasteiger partial charge in [0.25, 0.3) is 0 Å². The van der Waals surface area contributed by atoms with E-state index in [1.807, 2.05) is 62.8 Å². The van der Waals surface area contributed by atoms with Gasteiger partial charge in [0.1, 0.15) is 0 Å². The van der Waals surface area contributed by atoms with E-state index < -0.39 is 0 Å². The maximum atomic E-state index is 4.65. The predicted octanol–water partition coefficient (Wildman–Crippen LogP) is 7.65. The summed E-state index contributed by atoms with van der Waals surface area (Å²) in [5.74, 6) is 0. The topological polar surface area (TPSA) is 95.2 Å². The van der Waals surface area contributed by atoms with Crippen LogP contribution in [0.2, 0.25) is 0 Å². The Morgan fingerprint density at radius 2 is 1.64 bits per heavy atom. The number of aromatic nitrogens is 6. The quantitative estimate of drug-likeness (QED) is 0.160. The van der Waals surface area contributed by atoms with Gasteiger partial charge in [-0.3, -0.25) is 15.1 Å². The molecular weight excluding hydrogens is 518 g/mol. The summed E-state index contributed by atoms with van der Waals surface area (Å²) < 4.78 is 0. The second kappa shape index (κ2) is 13.5. The van der Waals surface area contributed by atoms with E-state index in [0.717, 1.165) is 68.9 Å². The van der Waals surface area contributed by atoms with E-state index in [9.17, 15) is 0 Å². The summed E-state index contributed by atoms with van der Waals surface area (Å²) in [5, 5.41) is 12.1. The van der Waals surface area contributed by atoms with E-state index in [1.165, 1.54) is 5.56 Å². The van der Waals surface area contributed by atoms with Gasteiger partial charge in [0.15, 0.2) is 5.65 Å². The Bertz CT molecular complexity index is 1800. The predicted molar refractivity (Wildman–Crippen MR) is 171 cm³/mol. The van der Waals surface area contributed by atoms with Crippen molar-refractivity contribution >= 4 is 16.6 Å². The lowest BCUT2D eigenvalue weighted by atomic mass is 9.98. The Kier molecular flexibility index (Phi) is 9.11. The van der Waals surface area contributed by atoms with Gasteiger partial charge in [-0.25, -0.2) is 4.98 Å². The number of benzene rings is 1. The van der Waals surface area contributed by atoms with Crippen LogP contribution in [0, 0.1) is 6.92 Å². The molecule has 0 spiro atoms. The van der Waals surface area contributed by atoms with E-state index in [2.05, 4.69) is 91.4 Å². The number of rotatable bonds is 9. The maximum absolute atomic E-state index is 4.65. The van der Waals surface area contributed by atoms with Crippen molar-refractivity contribution in [2.24, 2.45) is 0 Å². The zero-order chi connectivity index (χ0) is 29.3. The molecule has 0 radical (unpaired) electrons. The lowest BCUT2D eigenvalue weighted by molar-refractivity contribution is 0.691. The standard InChI is InChI=1S/C33H29N7.C2H6/c1-3-7-28(25-10-12-34-13-11-25)29-16-31(38-22(29)2)32-30-15-27(21-37-33(30)40-39-32)26-14-24(19-36-20-26)18-35-17-23-8-5-4-6-9-23;1-2/h3-16,19-21,35,38H,1,17-18H2,2H3,(H,37,39,40);1-2H3/b28-7-;. The van der Waals surface area contributed by atoms with Gasteiger partial charge in [0.2, 0.25) is 0 Å². The molecule has 6 aromatic rings. The first-order valence-corrected chi connectivity index (χ1v) is 14.2. The van der Waals surface area contributed by atoms with Crippen LogP contribution < -0.4 is 5.32 Å². The second-order valence-electron chi connectivity index (χ2n) is 9.64. The van der Waals surface area contributed by atoms with Gasteiger partial charge in [-0.15, -0.1) is 0 Å². The monoisotopic (exact) mass is 553 g/mol. The second-order valence-corrected chi connectivity index (χ2v) is 9.64. The average Bonchev–Trinajstić information content (AvgIpc) is 3.64. The van der Waals surface area contributed by atoms with Crippen molar-refractivity contribution in [1.29, 1.82) is 0 Å². The van der Waals surface area contributed by atoms with Crippen LogP contribution in [0.15, 0.2) is 110 Å². The summed E-state index contributed by atoms with van der Waals surface area (Å²) in [6.07, 6.45) is 13.1. The van der Waals surface area contributed by atoms with Gasteiger partial charge in [-0.2, -0.15) is 5.10 Å². The number of fused-ring (bicyclic) bond motifs is 1. The first-order chi connectivity index (χ1) is 20.7. The SMILES string of the molecule is C=C/C=C(/c1ccncc1)c1cc(-c2[nH]nc3ncc(-c4cncc(CNCc5ccccc5)c4)cc23)[nH]c1C.CC. The minimum Gasteiger partial charge on any atom is -0.357 e. The van der Waals surface area contributed by atoms with Gasteiger partial charge in [-0.1, -0.05) is 62.9 Å². The Labute approximate surface area is 246 Å². The Morgan fingerprint density at radius 1 is 0.881 bits per heavy atom. The molecule has 0 saturated heterocycles. The van der Waals surface area contributed by atoms with Crippen molar-refractivity contribution in [3.63, 3.8) is 0 Å². The molecule has 0 fully saturated rings. The molecule has 42 heavy (non-hydrogen) atoms. The van der Waals surface area contributed by atoms with E-state index in [0.29, 0.717) is 5.65 Å². The molecule has 5 aromatic heterocycles. The minimum atomic E-state index is 0.664. The molecule has 5 heterocycles. The van der Waals surface area contributed by atoms with Gasteiger partial charge in [-0.05, 0) is 59.5 Å². The van der Waals surface area contributed by atoms with Crippen LogP contribution in [0.1, 0.15) is 41.8 Å². The van der Waals surface area contributed by atoms with E-state index in [-0.39, 0.29) is 0 Å². The number of nitrogens with zero attached hydrogens (tertiary/aromatic N) is 4. The minimum absolute atomic E-state index is 0.664. The number of pyridine rings is 3. The fraction of sp³-hybridized carbons (Fsp3) is 0.143. The molecule has 0 amide bonds. The third-order valence-electron chi connectivity index (χ3n) is 6.89. The summed E-state index contributed by atoms with van der Waals surface area (Å²) in [6.45, 7) is 11.5. The first-order valence-electron chi connectivity index (χ1n) is 14.2. The molecule has 1 aromatic carbocycles. The molecule has 0 aliphatic carbocycles. The van der Waals surface area contributed by atoms with Crippen molar-refractivity contribution in [2.45, 2.75) is 33.9 Å². The zero-order valence-electron chi connectivity index (χ0n) is 24.2. The normalized spacial score (nSPS) is 11.3. The first kappa shape index (κ1) is 28.4. The van der Waals surface area contributed by atoms with Crippen LogP contribution in [0.5, 0.6) is 0 Å². The smallest absolute Gasteiger partial charge is 0.181 e. The number of aryl methyl sites for hydroxylation is 1. The van der Waals surface area contributed by atoms with Crippen molar-refractivity contribution in [3.05, 3.63) is 138 Å². The van der Waals surface area contributed by atoms with E-state index in [4.69, 9.17) is 0 Å². The van der Waals surface area contributed by atoms with Crippen molar-refractivity contribution < 1.29 is 0 Å². The summed E-state index contributed by atoms with van der Waals surface area (Å²) in [6, 6.07) is 20.8. The van der Waals surface area contributed by atoms with Crippen molar-refractivity contribution in [2.75, 3.05) is 0 Å². The number of nitrogens with one attached hydrogen (secondary N) is 3. The van der Waals surface area contributed by atoms with Crippen LogP contribution >= 0.6 is 0 Å². The number of allylic oxidation sites excluding steroid dienone is 2. The van der Waals surface area contributed by atoms with Crippen LogP contribution in [0.25, 0.3) is 39.1 Å². The lowest BCUT2D eigenvalue weighted by Crippen LogP contribution is -2.12. The maximum Gasteiger partial charge on any atom is 0.181 e. The highest BCUT2D eigenvalue weighted by atomic mass is 15.2. The number of aromatic amines is 2. The summed E-state index contributed by atoms with van der Waals surface area (Å²) in [5.41, 5.74) is 11.1. The molecule has 6 rings (SSSR count). The Balaban J connectivity index is 0.00000173. The fourth-order valence-corrected chi connectivity index (χ4v) is 4.92. The summed E-state index contributed by atoms with van der Waals surface area (Å²) >= 11 is 0. The Hall–Kier alpha value is -5.14. The van der Waals surface area contributed by atoms with Crippen LogP contribution in [-0.4, -0.2) is 30.1 Å². The number of hydrogen-bond donors (Lipinski definition) is 3. The molecule has 0 saturated carbocycles. The summed E-state index contributed by atoms with van der Waals surface area (Å²) in [7, 11) is 0. The van der Waals surface area contributed by atoms with Crippen LogP contribution in [-0.2, 0) is 13.1 Å². The molecule has 210 valence electrons. The van der Waals surface area contributed by atoms with E-state index >= 15 is 0 Å². The lowest BCUT2D eigenvalue weighted by Gasteiger charge is -2.07. The molecule has 0 aliphatic heterocycles. The molecule has 0 aliphatic rings. The van der Waals surface area contributed by atoms with Gasteiger partial charge >= 0.3 is 0 Å². The van der Waals surface area contributed by atoms with Crippen LogP contribution in [0.4, 0.5) is 0 Å². The van der Waals surface area contributed by atoms with Gasteiger partial charge in [0, 0.05) is 71.8 Å². The molecule has 0 atom stereocenters. The van der Waals surface area contributed by atoms with Gasteiger partial charge in [0.05, 0.1) is 11.4 Å². The molecule has 7 nitrogen and oxygen atoms in total. The highest BCUT2D eigenvalue weighted by molar-refractivity contribution is 5.94. The van der Waals surface area contributed by atoms with Crippen molar-refractivity contribution in [3.8, 4) is 22.5 Å². The third kappa shape index (κ3) is 6.27. The number of H-pyrrole nitrogens is 2. The molecular formula is C35H35N7. The van der Waals surface area contributed by atoms with Gasteiger partial charge < -0.3 is 10.3 Å². The Morgan fingerprint density at radius 3 is 2.43 bits per heavy atom. The van der Waals surface area contributed by atoms with Crippen molar-refractivity contribution in [1.82, 2.24) is 35.5 Å².